The van der Waals surface area contributed by atoms with Gasteiger partial charge in [-0.3, -0.25) is 0 Å². The summed E-state index contributed by atoms with van der Waals surface area (Å²) in [6.45, 7) is 1.91. The predicted molar refractivity (Wildman–Crippen MR) is 89.3 cm³/mol. The van der Waals surface area contributed by atoms with Crippen molar-refractivity contribution in [2.24, 2.45) is 11.3 Å². The molecule has 0 amide bonds. The first kappa shape index (κ1) is 13.3. The maximum atomic E-state index is 12.5. The molecule has 3 aliphatic carbocycles. The summed E-state index contributed by atoms with van der Waals surface area (Å²) in [5.41, 5.74) is -0.767. The Bertz CT molecular complexity index is 536. The van der Waals surface area contributed by atoms with Crippen LogP contribution >= 0.6 is 43.0 Å². The summed E-state index contributed by atoms with van der Waals surface area (Å²) in [5.74, 6) is 0.591. The molecule has 5 aliphatic rings. The molecular formula is C13H18I2N2O3. The normalized spacial score (nSPS) is 55.5. The van der Waals surface area contributed by atoms with E-state index in [1.54, 1.807) is 0 Å². The molecule has 5 nitrogen and oxygen atoms in total. The number of rotatable bonds is 3. The Balaban J connectivity index is 1.36. The van der Waals surface area contributed by atoms with Crippen molar-refractivity contribution < 1.29 is 14.6 Å². The molecule has 2 heterocycles. The van der Waals surface area contributed by atoms with Crippen LogP contribution in [0.3, 0.4) is 0 Å². The van der Waals surface area contributed by atoms with Gasteiger partial charge in [0.2, 0.25) is 0 Å². The molecule has 112 valence electrons. The molecule has 2 aliphatic heterocycles. The number of nitrogens with one attached hydrogen (secondary N) is 2. The second-order valence-electron chi connectivity index (χ2n) is 7.65. The second kappa shape index (κ2) is 3.49. The minimum atomic E-state index is -1.10. The van der Waals surface area contributed by atoms with Gasteiger partial charge in [0.1, 0.15) is 0 Å². The van der Waals surface area contributed by atoms with Gasteiger partial charge >= 0.3 is 140 Å². The molecule has 3 N–H and O–H groups in total. The third-order valence-corrected chi connectivity index (χ3v) is 12.9. The van der Waals surface area contributed by atoms with Crippen LogP contribution in [0.5, 0.6) is 0 Å². The van der Waals surface area contributed by atoms with E-state index in [2.05, 4.69) is 29.7 Å². The van der Waals surface area contributed by atoms with Crippen LogP contribution < -0.4 is 7.06 Å². The fraction of sp³-hybridized carbons (Fsp3) is 0.923. The van der Waals surface area contributed by atoms with E-state index in [-0.39, 0.29) is 24.6 Å². The van der Waals surface area contributed by atoms with Gasteiger partial charge in [-0.1, -0.05) is 0 Å². The first-order valence-corrected chi connectivity index (χ1v) is 11.6. The Morgan fingerprint density at radius 3 is 2.75 bits per heavy atom. The summed E-state index contributed by atoms with van der Waals surface area (Å²) in [7, 11) is 0. The molecule has 2 bridgehead atoms. The van der Waals surface area contributed by atoms with E-state index < -0.39 is 26.0 Å². The van der Waals surface area contributed by atoms with Crippen molar-refractivity contribution in [1.82, 2.24) is 7.06 Å². The van der Waals surface area contributed by atoms with Gasteiger partial charge < -0.3 is 0 Å². The second-order valence-corrected chi connectivity index (χ2v) is 13.3. The Kier molecular flexibility index (Phi) is 2.32. The minimum absolute atomic E-state index is 0.0192. The van der Waals surface area contributed by atoms with E-state index in [0.29, 0.717) is 12.3 Å². The number of alkyl halides is 2. The molecule has 0 aromatic heterocycles. The molecule has 5 unspecified atom stereocenters. The van der Waals surface area contributed by atoms with Crippen LogP contribution in [0.2, 0.25) is 0 Å². The molecule has 0 aromatic rings. The third kappa shape index (κ3) is 1.67. The molecule has 3 saturated carbocycles. The average molecular weight is 504 g/mol. The number of aliphatic hydroxyl groups is 1. The van der Waals surface area contributed by atoms with Crippen LogP contribution in [0.25, 0.3) is 0 Å². The Labute approximate surface area is 139 Å². The molecule has 5 rings (SSSR count). The molecule has 0 aromatic carbocycles. The van der Waals surface area contributed by atoms with Crippen LogP contribution in [0, 0.1) is 11.3 Å². The van der Waals surface area contributed by atoms with Gasteiger partial charge in [0, 0.05) is 0 Å². The van der Waals surface area contributed by atoms with E-state index in [1.807, 2.05) is 6.92 Å². The van der Waals surface area contributed by atoms with Gasteiger partial charge in [0.15, 0.2) is 0 Å². The van der Waals surface area contributed by atoms with Gasteiger partial charge in [-0.05, 0) is 0 Å². The van der Waals surface area contributed by atoms with Crippen molar-refractivity contribution in [1.29, 1.82) is 0 Å². The molecule has 20 heavy (non-hydrogen) atoms. The van der Waals surface area contributed by atoms with Crippen molar-refractivity contribution in [2.45, 2.75) is 57.8 Å². The van der Waals surface area contributed by atoms with Crippen LogP contribution in [0.15, 0.2) is 0 Å². The van der Waals surface area contributed by atoms with Crippen molar-refractivity contribution >= 4 is 48.9 Å². The zero-order valence-corrected chi connectivity index (χ0v) is 15.5. The van der Waals surface area contributed by atoms with E-state index in [4.69, 9.17) is 4.74 Å². The monoisotopic (exact) mass is 504 g/mol. The Hall–Kier alpha value is 0.810. The summed E-state index contributed by atoms with van der Waals surface area (Å²) in [5, 5.41) is 10.5. The van der Waals surface area contributed by atoms with Crippen LogP contribution in [-0.4, -0.2) is 29.9 Å². The fourth-order valence-electron chi connectivity index (χ4n) is 5.00. The zero-order chi connectivity index (χ0) is 14.0. The van der Waals surface area contributed by atoms with Gasteiger partial charge in [-0.2, -0.15) is 0 Å². The van der Waals surface area contributed by atoms with Crippen molar-refractivity contribution in [3.8, 4) is 0 Å². The first-order valence-electron chi connectivity index (χ1n) is 7.13. The van der Waals surface area contributed by atoms with E-state index in [0.717, 1.165) is 19.3 Å². The topological polar surface area (TPSA) is 90.4 Å². The number of hydrogen-bond donors (Lipinski definition) is 3. The van der Waals surface area contributed by atoms with Gasteiger partial charge in [0.05, 0.1) is 0 Å². The summed E-state index contributed by atoms with van der Waals surface area (Å²) in [4.78, 5) is 12.5. The SMILES string of the molecule is CC1(O)CC2(OC(=O)C(I)C34NI3N4)CC3CC3(C1)C2. The van der Waals surface area contributed by atoms with Gasteiger partial charge in [-0.25, -0.2) is 0 Å². The van der Waals surface area contributed by atoms with Gasteiger partial charge in [-0.15, -0.1) is 0 Å². The predicted octanol–water partition coefficient (Wildman–Crippen LogP) is 1.61. The van der Waals surface area contributed by atoms with E-state index >= 15 is 0 Å². The van der Waals surface area contributed by atoms with Crippen LogP contribution in [0.4, 0.5) is 0 Å². The summed E-state index contributed by atoms with van der Waals surface area (Å²) in [6, 6.07) is 0. The molecule has 5 atom stereocenters. The Morgan fingerprint density at radius 1 is 1.40 bits per heavy atom. The molecule has 1 spiro atoms. The van der Waals surface area contributed by atoms with Crippen LogP contribution in [-0.2, 0) is 9.53 Å². The average Bonchev–Trinajstić information content (AvgIpc) is 3.14. The number of esters is 1. The molecule has 7 heteroatoms. The van der Waals surface area contributed by atoms with Crippen molar-refractivity contribution in [2.75, 3.05) is 0 Å². The number of halogens is 2. The number of hydrogen-bond acceptors (Lipinski definition) is 5. The number of carbonyl (C=O) groups is 1. The summed E-state index contributed by atoms with van der Waals surface area (Å²) >= 11 is 1.11. The Morgan fingerprint density at radius 2 is 2.10 bits per heavy atom. The van der Waals surface area contributed by atoms with Crippen LogP contribution in [0.1, 0.15) is 39.0 Å². The van der Waals surface area contributed by atoms with Gasteiger partial charge in [0.25, 0.3) is 0 Å². The quantitative estimate of drug-likeness (QED) is 0.136. The molecule has 5 fully saturated rings. The zero-order valence-electron chi connectivity index (χ0n) is 11.2. The number of fused-ring (bicyclic) bond motifs is 2. The van der Waals surface area contributed by atoms with Crippen molar-refractivity contribution in [3.05, 3.63) is 0 Å². The van der Waals surface area contributed by atoms with E-state index in [9.17, 15) is 9.90 Å². The molecular weight excluding hydrogens is 486 g/mol. The molecule has 0 radical (unpaired) electrons. The number of carbonyl (C=O) groups excluding carboxylic acids is 1. The number of ether oxygens (including phenoxy) is 1. The van der Waals surface area contributed by atoms with Crippen molar-refractivity contribution in [3.63, 3.8) is 0 Å². The summed E-state index contributed by atoms with van der Waals surface area (Å²) < 4.78 is 12.6. The first-order chi connectivity index (χ1) is 9.28. The molecule has 2 saturated heterocycles. The summed E-state index contributed by atoms with van der Waals surface area (Å²) in [6.07, 6.45) is 4.67. The standard InChI is InChI=1S/C13H18I2N2O3/c1-10(19)4-11-2-7(11)3-12(5-10,6-11)20-9(18)8(14)13-15(16-13)17-13/h7-8,16-17,19H,2-6H2,1H3. The fourth-order valence-corrected chi connectivity index (χ4v) is 12.4. The third-order valence-electron chi connectivity index (χ3n) is 5.65. The maximum absolute atomic E-state index is 12.5. The van der Waals surface area contributed by atoms with E-state index in [1.165, 1.54) is 6.42 Å².